The summed E-state index contributed by atoms with van der Waals surface area (Å²) in [6.07, 6.45) is -2.25. The minimum Gasteiger partial charge on any atom is -0.451 e. The van der Waals surface area contributed by atoms with E-state index in [2.05, 4.69) is 10.3 Å². The molecule has 1 saturated heterocycles. The highest BCUT2D eigenvalue weighted by Crippen LogP contribution is 2.30. The number of hydrogen-bond donors (Lipinski definition) is 1. The first-order valence-corrected chi connectivity index (χ1v) is 9.45. The number of benzene rings is 1. The van der Waals surface area contributed by atoms with Gasteiger partial charge in [-0.3, -0.25) is 4.79 Å². The first-order chi connectivity index (χ1) is 13.8. The molecule has 4 rings (SSSR count). The lowest BCUT2D eigenvalue weighted by molar-refractivity contribution is -0.137. The number of rotatable bonds is 3. The van der Waals surface area contributed by atoms with Crippen LogP contribution in [0, 0.1) is 0 Å². The van der Waals surface area contributed by atoms with Gasteiger partial charge in [-0.05, 0) is 49.2 Å². The molecule has 3 heterocycles. The topological polar surface area (TPSA) is 58.4 Å². The van der Waals surface area contributed by atoms with E-state index in [-0.39, 0.29) is 17.7 Å². The van der Waals surface area contributed by atoms with Gasteiger partial charge in [0.25, 0.3) is 5.91 Å². The van der Waals surface area contributed by atoms with Gasteiger partial charge < -0.3 is 14.6 Å². The largest absolute Gasteiger partial charge is 0.451 e. The lowest BCUT2D eigenvalue weighted by atomic mass is 10.0. The van der Waals surface area contributed by atoms with E-state index in [1.165, 1.54) is 6.07 Å². The minimum absolute atomic E-state index is 0.0509. The van der Waals surface area contributed by atoms with E-state index < -0.39 is 11.7 Å². The van der Waals surface area contributed by atoms with Gasteiger partial charge in [-0.1, -0.05) is 11.6 Å². The van der Waals surface area contributed by atoms with Gasteiger partial charge >= 0.3 is 6.18 Å². The Kier molecular flexibility index (Phi) is 5.12. The molecule has 9 heteroatoms. The Morgan fingerprint density at radius 3 is 2.59 bits per heavy atom. The van der Waals surface area contributed by atoms with Gasteiger partial charge in [0.15, 0.2) is 5.76 Å². The summed E-state index contributed by atoms with van der Waals surface area (Å²) in [7, 11) is 0. The lowest BCUT2D eigenvalue weighted by Gasteiger charge is -2.33. The average Bonchev–Trinajstić information content (AvgIpc) is 3.11. The number of pyridine rings is 1. The Labute approximate surface area is 169 Å². The molecule has 1 fully saturated rings. The van der Waals surface area contributed by atoms with E-state index in [1.54, 1.807) is 24.3 Å². The maximum atomic E-state index is 12.7. The van der Waals surface area contributed by atoms with Crippen molar-refractivity contribution in [2.45, 2.75) is 25.1 Å². The van der Waals surface area contributed by atoms with Crippen molar-refractivity contribution in [1.82, 2.24) is 10.3 Å². The summed E-state index contributed by atoms with van der Waals surface area (Å²) in [5.41, 5.74) is -0.182. The van der Waals surface area contributed by atoms with Gasteiger partial charge in [0.1, 0.15) is 11.4 Å². The molecule has 0 aliphatic carbocycles. The molecule has 0 radical (unpaired) electrons. The Morgan fingerprint density at radius 1 is 1.17 bits per heavy atom. The maximum Gasteiger partial charge on any atom is 0.417 e. The fourth-order valence-electron chi connectivity index (χ4n) is 3.38. The van der Waals surface area contributed by atoms with Gasteiger partial charge in [0.05, 0.1) is 5.56 Å². The second-order valence-electron chi connectivity index (χ2n) is 6.93. The normalized spacial score (nSPS) is 15.7. The molecule has 1 aliphatic heterocycles. The number of piperidine rings is 1. The van der Waals surface area contributed by atoms with E-state index in [4.69, 9.17) is 16.0 Å². The monoisotopic (exact) mass is 423 g/mol. The van der Waals surface area contributed by atoms with E-state index in [9.17, 15) is 18.0 Å². The summed E-state index contributed by atoms with van der Waals surface area (Å²) in [6.45, 7) is 1.16. The van der Waals surface area contributed by atoms with Crippen molar-refractivity contribution in [2.75, 3.05) is 18.0 Å². The molecule has 152 valence electrons. The number of carbonyl (C=O) groups is 1. The van der Waals surface area contributed by atoms with Crippen LogP contribution in [-0.4, -0.2) is 30.0 Å². The van der Waals surface area contributed by atoms with Crippen molar-refractivity contribution >= 4 is 34.3 Å². The molecule has 0 bridgehead atoms. The summed E-state index contributed by atoms with van der Waals surface area (Å²) in [5, 5.41) is 4.27. The van der Waals surface area contributed by atoms with Crippen LogP contribution in [0.15, 0.2) is 47.0 Å². The number of aromatic nitrogens is 1. The molecular formula is C20H17ClF3N3O2. The van der Waals surface area contributed by atoms with Crippen molar-refractivity contribution in [3.8, 4) is 0 Å². The number of nitrogens with one attached hydrogen (secondary N) is 1. The van der Waals surface area contributed by atoms with Crippen molar-refractivity contribution < 1.29 is 22.4 Å². The number of halogens is 4. The standard InChI is InChI=1S/C20H17ClF3N3O2/c21-14-2-3-16-12(9-14)10-17(29-16)19(28)26-15-5-7-27(8-6-15)18-4-1-13(11-25-18)20(22,23)24/h1-4,9-11,15H,5-8H2,(H,26,28). The van der Waals surface area contributed by atoms with Crippen molar-refractivity contribution in [3.05, 3.63) is 58.9 Å². The van der Waals surface area contributed by atoms with Crippen LogP contribution >= 0.6 is 11.6 Å². The summed E-state index contributed by atoms with van der Waals surface area (Å²) in [4.78, 5) is 18.3. The predicted molar refractivity (Wildman–Crippen MR) is 103 cm³/mol. The highest BCUT2D eigenvalue weighted by atomic mass is 35.5. The summed E-state index contributed by atoms with van der Waals surface area (Å²) in [6, 6.07) is 9.14. The molecule has 1 aromatic carbocycles. The van der Waals surface area contributed by atoms with E-state index in [0.717, 1.165) is 17.6 Å². The number of amides is 1. The Morgan fingerprint density at radius 2 is 1.93 bits per heavy atom. The molecule has 0 atom stereocenters. The smallest absolute Gasteiger partial charge is 0.417 e. The molecular weight excluding hydrogens is 407 g/mol. The van der Waals surface area contributed by atoms with Crippen LogP contribution < -0.4 is 10.2 Å². The van der Waals surface area contributed by atoms with Gasteiger partial charge in [0, 0.05) is 35.7 Å². The molecule has 2 aromatic heterocycles. The Bertz CT molecular complexity index is 1030. The van der Waals surface area contributed by atoms with Crippen LogP contribution in [0.4, 0.5) is 19.0 Å². The van der Waals surface area contributed by atoms with Gasteiger partial charge in [-0.2, -0.15) is 13.2 Å². The molecule has 29 heavy (non-hydrogen) atoms. The zero-order chi connectivity index (χ0) is 20.6. The van der Waals surface area contributed by atoms with Crippen LogP contribution in [0.2, 0.25) is 5.02 Å². The van der Waals surface area contributed by atoms with Crippen molar-refractivity contribution in [2.24, 2.45) is 0 Å². The summed E-state index contributed by atoms with van der Waals surface area (Å²) >= 11 is 5.95. The highest BCUT2D eigenvalue weighted by Gasteiger charge is 2.31. The zero-order valence-electron chi connectivity index (χ0n) is 15.2. The molecule has 1 N–H and O–H groups in total. The number of carbonyl (C=O) groups excluding carboxylic acids is 1. The molecule has 5 nitrogen and oxygen atoms in total. The third-order valence-electron chi connectivity index (χ3n) is 4.93. The maximum absolute atomic E-state index is 12.7. The minimum atomic E-state index is -4.40. The first kappa shape index (κ1) is 19.6. The van der Waals surface area contributed by atoms with E-state index >= 15 is 0 Å². The quantitative estimate of drug-likeness (QED) is 0.651. The third kappa shape index (κ3) is 4.32. The third-order valence-corrected chi connectivity index (χ3v) is 5.17. The molecule has 0 spiro atoms. The van der Waals surface area contributed by atoms with Gasteiger partial charge in [-0.25, -0.2) is 4.98 Å². The van der Waals surface area contributed by atoms with Crippen LogP contribution in [0.25, 0.3) is 11.0 Å². The van der Waals surface area contributed by atoms with Crippen molar-refractivity contribution in [3.63, 3.8) is 0 Å². The fraction of sp³-hybridized carbons (Fsp3) is 0.300. The summed E-state index contributed by atoms with van der Waals surface area (Å²) in [5.74, 6) is 0.412. The lowest BCUT2D eigenvalue weighted by Crippen LogP contribution is -2.44. The molecule has 1 aliphatic rings. The molecule has 0 saturated carbocycles. The Hall–Kier alpha value is -2.74. The summed E-state index contributed by atoms with van der Waals surface area (Å²) < 4.78 is 43.5. The van der Waals surface area contributed by atoms with E-state index in [1.807, 2.05) is 4.90 Å². The predicted octanol–water partition coefficient (Wildman–Crippen LogP) is 4.90. The van der Waals surface area contributed by atoms with Crippen LogP contribution in [0.3, 0.4) is 0 Å². The second-order valence-corrected chi connectivity index (χ2v) is 7.37. The molecule has 0 unspecified atom stereocenters. The SMILES string of the molecule is O=C(NC1CCN(c2ccc(C(F)(F)F)cn2)CC1)c1cc2cc(Cl)ccc2o1. The highest BCUT2D eigenvalue weighted by molar-refractivity contribution is 6.31. The van der Waals surface area contributed by atoms with Gasteiger partial charge in [-0.15, -0.1) is 0 Å². The number of hydrogen-bond acceptors (Lipinski definition) is 4. The number of furan rings is 1. The number of fused-ring (bicyclic) bond motifs is 1. The molecule has 1 amide bonds. The molecule has 3 aromatic rings. The zero-order valence-corrected chi connectivity index (χ0v) is 15.9. The van der Waals surface area contributed by atoms with Crippen LogP contribution in [0.5, 0.6) is 0 Å². The second kappa shape index (κ2) is 7.59. The number of nitrogens with zero attached hydrogens (tertiary/aromatic N) is 2. The fourth-order valence-corrected chi connectivity index (χ4v) is 3.56. The number of alkyl halides is 3. The van der Waals surface area contributed by atoms with Gasteiger partial charge in [0.2, 0.25) is 0 Å². The van der Waals surface area contributed by atoms with Crippen LogP contribution in [-0.2, 0) is 6.18 Å². The van der Waals surface area contributed by atoms with Crippen molar-refractivity contribution in [1.29, 1.82) is 0 Å². The first-order valence-electron chi connectivity index (χ1n) is 9.08. The Balaban J connectivity index is 1.35. The van der Waals surface area contributed by atoms with Crippen LogP contribution in [0.1, 0.15) is 29.0 Å². The van der Waals surface area contributed by atoms with E-state index in [0.29, 0.717) is 42.4 Å². The number of anilines is 1. The average molecular weight is 424 g/mol.